The first kappa shape index (κ1) is 14.8. The van der Waals surface area contributed by atoms with Crippen LogP contribution in [0, 0.1) is 16.7 Å². The van der Waals surface area contributed by atoms with Gasteiger partial charge in [0.2, 0.25) is 0 Å². The molecule has 0 aromatic heterocycles. The number of Topliss-reactive ketones (excluding diaryl/α,β-unsaturated/α-hetero) is 1. The molecule has 1 nitrogen and oxygen atoms in total. The minimum atomic E-state index is 0.131. The van der Waals surface area contributed by atoms with Gasteiger partial charge in [0.15, 0.2) is 5.78 Å². The summed E-state index contributed by atoms with van der Waals surface area (Å²) in [5.74, 6) is 1.22. The maximum atomic E-state index is 12.7. The van der Waals surface area contributed by atoms with Crippen molar-refractivity contribution in [3.05, 3.63) is 35.4 Å². The van der Waals surface area contributed by atoms with Crippen molar-refractivity contribution >= 4 is 5.78 Å². The first-order valence-corrected chi connectivity index (χ1v) is 8.50. The van der Waals surface area contributed by atoms with E-state index in [1.54, 1.807) is 0 Å². The molecule has 0 aliphatic heterocycles. The van der Waals surface area contributed by atoms with Gasteiger partial charge in [0.1, 0.15) is 0 Å². The van der Waals surface area contributed by atoms with E-state index in [0.29, 0.717) is 5.78 Å². The molecule has 0 atom stereocenters. The molecule has 1 aromatic rings. The lowest BCUT2D eigenvalue weighted by Crippen LogP contribution is -2.09. The Labute approximate surface area is 129 Å². The molecule has 2 saturated carbocycles. The smallest absolute Gasteiger partial charge is 0.167 e. The molecule has 0 bridgehead atoms. The summed E-state index contributed by atoms with van der Waals surface area (Å²) in [6, 6.07) is 8.53. The van der Waals surface area contributed by atoms with Crippen molar-refractivity contribution in [2.75, 3.05) is 0 Å². The fraction of sp³-hybridized carbons (Fsp3) is 0.650. The molecule has 21 heavy (non-hydrogen) atoms. The van der Waals surface area contributed by atoms with Crippen LogP contribution in [-0.2, 0) is 0 Å². The molecule has 0 spiro atoms. The fourth-order valence-electron chi connectivity index (χ4n) is 4.37. The summed E-state index contributed by atoms with van der Waals surface area (Å²) in [6.07, 6.45) is 6.73. The van der Waals surface area contributed by atoms with Gasteiger partial charge in [-0.3, -0.25) is 4.79 Å². The molecular weight excluding hydrogens is 256 g/mol. The van der Waals surface area contributed by atoms with E-state index in [1.165, 1.54) is 37.7 Å². The van der Waals surface area contributed by atoms with Gasteiger partial charge < -0.3 is 0 Å². The monoisotopic (exact) mass is 284 g/mol. The summed E-state index contributed by atoms with van der Waals surface area (Å²) in [6.45, 7) is 8.86. The van der Waals surface area contributed by atoms with Crippen molar-refractivity contribution in [1.29, 1.82) is 0 Å². The summed E-state index contributed by atoms with van der Waals surface area (Å²) in [5, 5.41) is 0. The van der Waals surface area contributed by atoms with Crippen molar-refractivity contribution in [3.63, 3.8) is 0 Å². The van der Waals surface area contributed by atoms with Crippen LogP contribution >= 0.6 is 0 Å². The largest absolute Gasteiger partial charge is 0.294 e. The maximum absolute atomic E-state index is 12.7. The average molecular weight is 284 g/mol. The first-order chi connectivity index (χ1) is 9.85. The van der Waals surface area contributed by atoms with E-state index in [0.717, 1.165) is 11.5 Å². The molecule has 0 unspecified atom stereocenters. The fourth-order valence-corrected chi connectivity index (χ4v) is 4.37. The van der Waals surface area contributed by atoms with Crippen LogP contribution in [0.4, 0.5) is 0 Å². The van der Waals surface area contributed by atoms with Gasteiger partial charge in [0.05, 0.1) is 0 Å². The number of ketones is 1. The number of rotatable bonds is 3. The van der Waals surface area contributed by atoms with Crippen LogP contribution in [-0.4, -0.2) is 5.78 Å². The minimum absolute atomic E-state index is 0.131. The number of hydrogen-bond donors (Lipinski definition) is 0. The van der Waals surface area contributed by atoms with E-state index >= 15 is 0 Å². The van der Waals surface area contributed by atoms with Gasteiger partial charge in [-0.1, -0.05) is 71.2 Å². The van der Waals surface area contributed by atoms with E-state index in [1.807, 2.05) is 0 Å². The number of hydrogen-bond acceptors (Lipinski definition) is 1. The predicted molar refractivity (Wildman–Crippen MR) is 87.7 cm³/mol. The Bertz CT molecular complexity index is 515. The summed E-state index contributed by atoms with van der Waals surface area (Å²) >= 11 is 0. The van der Waals surface area contributed by atoms with Gasteiger partial charge in [-0.05, 0) is 35.2 Å². The van der Waals surface area contributed by atoms with Crippen LogP contribution in [0.5, 0.6) is 0 Å². The second kappa shape index (κ2) is 4.97. The highest BCUT2D eigenvalue weighted by molar-refractivity contribution is 6.01. The van der Waals surface area contributed by atoms with E-state index in [9.17, 15) is 4.79 Å². The molecule has 0 N–H and O–H groups in total. The Morgan fingerprint density at radius 1 is 0.905 bits per heavy atom. The average Bonchev–Trinajstić information content (AvgIpc) is 2.89. The Kier molecular flexibility index (Phi) is 3.50. The SMILES string of the molecule is CC1(C)C(C(=O)c2ccc(C3CCCCC3)cc2)C1(C)C. The number of carbonyl (C=O) groups is 1. The summed E-state index contributed by atoms with van der Waals surface area (Å²) in [7, 11) is 0. The highest BCUT2D eigenvalue weighted by Crippen LogP contribution is 2.69. The summed E-state index contributed by atoms with van der Waals surface area (Å²) < 4.78 is 0. The molecule has 2 aliphatic carbocycles. The molecule has 0 amide bonds. The Morgan fingerprint density at radius 2 is 1.43 bits per heavy atom. The maximum Gasteiger partial charge on any atom is 0.167 e. The topological polar surface area (TPSA) is 17.1 Å². The quantitative estimate of drug-likeness (QED) is 0.660. The number of benzene rings is 1. The second-order valence-corrected chi connectivity index (χ2v) is 8.20. The molecule has 0 saturated heterocycles. The highest BCUT2D eigenvalue weighted by Gasteiger charge is 2.67. The van der Waals surface area contributed by atoms with E-state index in [4.69, 9.17) is 0 Å². The lowest BCUT2D eigenvalue weighted by Gasteiger charge is -2.22. The van der Waals surface area contributed by atoms with Crippen molar-refractivity contribution in [3.8, 4) is 0 Å². The van der Waals surface area contributed by atoms with Crippen LogP contribution in [0.15, 0.2) is 24.3 Å². The van der Waals surface area contributed by atoms with E-state index < -0.39 is 0 Å². The van der Waals surface area contributed by atoms with Crippen molar-refractivity contribution in [2.24, 2.45) is 16.7 Å². The first-order valence-electron chi connectivity index (χ1n) is 8.50. The van der Waals surface area contributed by atoms with Crippen LogP contribution < -0.4 is 0 Å². The molecule has 0 radical (unpaired) electrons. The number of carbonyl (C=O) groups excluding carboxylic acids is 1. The molecule has 2 fully saturated rings. The third-order valence-electron chi connectivity index (χ3n) is 6.55. The Hall–Kier alpha value is -1.11. The van der Waals surface area contributed by atoms with Crippen LogP contribution in [0.3, 0.4) is 0 Å². The van der Waals surface area contributed by atoms with Gasteiger partial charge in [-0.2, -0.15) is 0 Å². The molecule has 114 valence electrons. The summed E-state index contributed by atoms with van der Waals surface area (Å²) in [4.78, 5) is 12.7. The molecule has 2 aliphatic rings. The minimum Gasteiger partial charge on any atom is -0.294 e. The van der Waals surface area contributed by atoms with Crippen LogP contribution in [0.1, 0.15) is 81.6 Å². The molecule has 0 heterocycles. The van der Waals surface area contributed by atoms with E-state index in [2.05, 4.69) is 52.0 Å². The zero-order valence-electron chi connectivity index (χ0n) is 13.9. The normalized spacial score (nSPS) is 24.8. The third-order valence-corrected chi connectivity index (χ3v) is 6.55. The second-order valence-electron chi connectivity index (χ2n) is 8.20. The van der Waals surface area contributed by atoms with Gasteiger partial charge in [0, 0.05) is 11.5 Å². The van der Waals surface area contributed by atoms with Crippen molar-refractivity contribution in [1.82, 2.24) is 0 Å². The highest BCUT2D eigenvalue weighted by atomic mass is 16.1. The standard InChI is InChI=1S/C20H28O/c1-19(2)18(20(19,3)4)17(21)16-12-10-15(11-13-16)14-8-6-5-7-9-14/h10-14,18H,5-9H2,1-4H3. The molecule has 3 rings (SSSR count). The lowest BCUT2D eigenvalue weighted by atomic mass is 9.83. The van der Waals surface area contributed by atoms with Gasteiger partial charge in [-0.15, -0.1) is 0 Å². The molecular formula is C20H28O. The van der Waals surface area contributed by atoms with E-state index in [-0.39, 0.29) is 16.7 Å². The zero-order valence-corrected chi connectivity index (χ0v) is 13.9. The predicted octanol–water partition coefficient (Wildman–Crippen LogP) is 5.60. The van der Waals surface area contributed by atoms with Crippen molar-refractivity contribution < 1.29 is 4.79 Å². The van der Waals surface area contributed by atoms with Gasteiger partial charge in [0.25, 0.3) is 0 Å². The summed E-state index contributed by atoms with van der Waals surface area (Å²) in [5.41, 5.74) is 2.59. The van der Waals surface area contributed by atoms with Crippen LogP contribution in [0.2, 0.25) is 0 Å². The molecule has 1 aromatic carbocycles. The third kappa shape index (κ3) is 2.35. The van der Waals surface area contributed by atoms with Crippen molar-refractivity contribution in [2.45, 2.75) is 65.7 Å². The lowest BCUT2D eigenvalue weighted by molar-refractivity contribution is 0.0945. The Balaban J connectivity index is 1.74. The van der Waals surface area contributed by atoms with Gasteiger partial charge >= 0.3 is 0 Å². The van der Waals surface area contributed by atoms with Gasteiger partial charge in [-0.25, -0.2) is 0 Å². The van der Waals surface area contributed by atoms with Crippen LogP contribution in [0.25, 0.3) is 0 Å². The zero-order chi connectivity index (χ0) is 15.3. The molecule has 1 heteroatoms. The Morgan fingerprint density at radius 3 is 1.90 bits per heavy atom.